The minimum Gasteiger partial charge on any atom is -0.354 e. The smallest absolute Gasteiger partial charge is 0.241 e. The van der Waals surface area contributed by atoms with Crippen molar-refractivity contribution < 1.29 is 9.18 Å². The maximum Gasteiger partial charge on any atom is 0.241 e. The lowest BCUT2D eigenvalue weighted by Gasteiger charge is -2.05. The Hall–Kier alpha value is -4.07. The molecule has 5 rings (SSSR count). The topological polar surface area (TPSA) is 77.6 Å². The van der Waals surface area contributed by atoms with Crippen LogP contribution in [0.3, 0.4) is 0 Å². The number of aromatic nitrogens is 5. The third kappa shape index (κ3) is 3.82. The number of pyridine rings is 1. The molecule has 2 aromatic carbocycles. The minimum absolute atomic E-state index is 0.0801. The Morgan fingerprint density at radius 1 is 1.09 bits per heavy atom. The minimum atomic E-state index is -0.259. The summed E-state index contributed by atoms with van der Waals surface area (Å²) in [5.74, 6) is -0.405. The molecule has 0 saturated carbocycles. The molecule has 0 radical (unpaired) electrons. The molecule has 0 fully saturated rings. The zero-order chi connectivity index (χ0) is 22.1. The second kappa shape index (κ2) is 8.22. The fraction of sp³-hybridized carbons (Fsp3) is 0.167. The molecule has 0 atom stereocenters. The quantitative estimate of drug-likeness (QED) is 0.449. The third-order valence-electron chi connectivity index (χ3n) is 5.52. The maximum absolute atomic E-state index is 13.5. The molecule has 1 amide bonds. The fourth-order valence-electron chi connectivity index (χ4n) is 4.01. The average molecular weight is 428 g/mol. The molecule has 8 heteroatoms. The molecule has 0 bridgehead atoms. The first-order valence-electron chi connectivity index (χ1n) is 10.3. The Labute approximate surface area is 183 Å². The molecule has 0 spiro atoms. The monoisotopic (exact) mass is 428 g/mol. The van der Waals surface area contributed by atoms with Crippen LogP contribution in [0.1, 0.15) is 5.56 Å². The van der Waals surface area contributed by atoms with Crippen molar-refractivity contribution in [2.75, 3.05) is 6.54 Å². The van der Waals surface area contributed by atoms with Crippen LogP contribution in [0, 0.1) is 5.82 Å². The van der Waals surface area contributed by atoms with Crippen LogP contribution in [-0.2, 0) is 24.8 Å². The number of rotatable bonds is 6. The van der Waals surface area contributed by atoms with Gasteiger partial charge in [0.15, 0.2) is 0 Å². The van der Waals surface area contributed by atoms with Crippen LogP contribution in [0.15, 0.2) is 67.1 Å². The molecule has 0 aliphatic carbocycles. The van der Waals surface area contributed by atoms with Crippen LogP contribution in [0.2, 0.25) is 0 Å². The SMILES string of the molecule is Cn1cc(CCNC(=O)Cn2cc(-c3cccc4ncccc34)nn2)c2ccc(F)cc21. The molecule has 0 aliphatic heterocycles. The van der Waals surface area contributed by atoms with Gasteiger partial charge in [0.05, 0.1) is 17.2 Å². The third-order valence-corrected chi connectivity index (χ3v) is 5.52. The lowest BCUT2D eigenvalue weighted by Crippen LogP contribution is -2.29. The Bertz CT molecular complexity index is 1430. The van der Waals surface area contributed by atoms with E-state index in [1.807, 2.05) is 48.1 Å². The fourth-order valence-corrected chi connectivity index (χ4v) is 4.01. The van der Waals surface area contributed by atoms with Crippen molar-refractivity contribution in [2.45, 2.75) is 13.0 Å². The van der Waals surface area contributed by atoms with E-state index in [4.69, 9.17) is 0 Å². The van der Waals surface area contributed by atoms with E-state index in [9.17, 15) is 9.18 Å². The molecule has 7 nitrogen and oxygen atoms in total. The van der Waals surface area contributed by atoms with Crippen molar-refractivity contribution >= 4 is 27.7 Å². The van der Waals surface area contributed by atoms with Crippen molar-refractivity contribution in [2.24, 2.45) is 7.05 Å². The standard InChI is InChI=1S/C24H21FN6O/c1-30-13-16(18-8-7-17(25)12-23(18)30)9-11-27-24(32)15-31-14-22(28-29-31)20-4-2-6-21-19(20)5-3-10-26-21/h2-8,10,12-14H,9,11,15H2,1H3,(H,27,32). The van der Waals surface area contributed by atoms with Crippen molar-refractivity contribution in [1.82, 2.24) is 29.9 Å². The van der Waals surface area contributed by atoms with E-state index in [2.05, 4.69) is 20.6 Å². The molecular formula is C24H21FN6O. The van der Waals surface area contributed by atoms with Crippen molar-refractivity contribution in [3.05, 3.63) is 78.5 Å². The van der Waals surface area contributed by atoms with Gasteiger partial charge in [-0.3, -0.25) is 9.78 Å². The lowest BCUT2D eigenvalue weighted by atomic mass is 10.1. The number of carbonyl (C=O) groups is 1. The summed E-state index contributed by atoms with van der Waals surface area (Å²) in [5.41, 5.74) is 4.41. The average Bonchev–Trinajstić information content (AvgIpc) is 3.37. The number of amides is 1. The van der Waals surface area contributed by atoms with E-state index >= 15 is 0 Å². The van der Waals surface area contributed by atoms with Crippen molar-refractivity contribution in [3.8, 4) is 11.3 Å². The van der Waals surface area contributed by atoms with Crippen LogP contribution < -0.4 is 5.32 Å². The molecule has 3 heterocycles. The highest BCUT2D eigenvalue weighted by Gasteiger charge is 2.11. The zero-order valence-corrected chi connectivity index (χ0v) is 17.5. The van der Waals surface area contributed by atoms with Crippen LogP contribution in [0.25, 0.3) is 33.1 Å². The lowest BCUT2D eigenvalue weighted by molar-refractivity contribution is -0.121. The number of aryl methyl sites for hydroxylation is 1. The van der Waals surface area contributed by atoms with Gasteiger partial charge in [-0.1, -0.05) is 23.4 Å². The van der Waals surface area contributed by atoms with Crippen LogP contribution in [-0.4, -0.2) is 37.0 Å². The number of fused-ring (bicyclic) bond motifs is 2. The molecular weight excluding hydrogens is 407 g/mol. The first-order chi connectivity index (χ1) is 15.6. The predicted molar refractivity (Wildman–Crippen MR) is 120 cm³/mol. The van der Waals surface area contributed by atoms with Gasteiger partial charge in [-0.15, -0.1) is 5.10 Å². The molecule has 5 aromatic rings. The number of hydrogen-bond donors (Lipinski definition) is 1. The summed E-state index contributed by atoms with van der Waals surface area (Å²) >= 11 is 0. The Balaban J connectivity index is 1.23. The normalized spacial score (nSPS) is 11.3. The van der Waals surface area contributed by atoms with E-state index in [-0.39, 0.29) is 18.3 Å². The van der Waals surface area contributed by atoms with Gasteiger partial charge in [-0.2, -0.15) is 0 Å². The summed E-state index contributed by atoms with van der Waals surface area (Å²) in [6.07, 6.45) is 6.14. The first kappa shape index (κ1) is 19.9. The van der Waals surface area contributed by atoms with E-state index in [0.717, 1.165) is 32.9 Å². The molecule has 0 saturated heterocycles. The van der Waals surface area contributed by atoms with Gasteiger partial charge >= 0.3 is 0 Å². The Morgan fingerprint density at radius 2 is 2.00 bits per heavy atom. The number of hydrogen-bond acceptors (Lipinski definition) is 4. The van der Waals surface area contributed by atoms with E-state index in [0.29, 0.717) is 18.7 Å². The van der Waals surface area contributed by atoms with Crippen molar-refractivity contribution in [1.29, 1.82) is 0 Å². The Morgan fingerprint density at radius 3 is 2.91 bits per heavy atom. The van der Waals surface area contributed by atoms with Crippen LogP contribution in [0.5, 0.6) is 0 Å². The molecule has 3 aromatic heterocycles. The summed E-state index contributed by atoms with van der Waals surface area (Å²) in [4.78, 5) is 16.8. The highest BCUT2D eigenvalue weighted by Crippen LogP contribution is 2.25. The predicted octanol–water partition coefficient (Wildman–Crippen LogP) is 3.48. The molecule has 0 aliphatic rings. The summed E-state index contributed by atoms with van der Waals surface area (Å²) in [7, 11) is 1.89. The zero-order valence-electron chi connectivity index (χ0n) is 17.5. The largest absolute Gasteiger partial charge is 0.354 e. The van der Waals surface area contributed by atoms with E-state index in [1.165, 1.54) is 16.8 Å². The van der Waals surface area contributed by atoms with Crippen molar-refractivity contribution in [3.63, 3.8) is 0 Å². The second-order valence-electron chi connectivity index (χ2n) is 7.70. The molecule has 160 valence electrons. The Kier molecular flexibility index (Phi) is 5.10. The van der Waals surface area contributed by atoms with Gasteiger partial charge in [-0.25, -0.2) is 9.07 Å². The second-order valence-corrected chi connectivity index (χ2v) is 7.70. The number of nitrogens with zero attached hydrogens (tertiary/aromatic N) is 5. The molecule has 1 N–H and O–H groups in total. The molecule has 0 unspecified atom stereocenters. The van der Waals surface area contributed by atoms with Crippen LogP contribution in [0.4, 0.5) is 4.39 Å². The number of nitrogens with one attached hydrogen (secondary N) is 1. The maximum atomic E-state index is 13.5. The number of benzene rings is 2. The van der Waals surface area contributed by atoms with Gasteiger partial charge in [0.1, 0.15) is 18.1 Å². The van der Waals surface area contributed by atoms with Gasteiger partial charge in [0, 0.05) is 42.3 Å². The van der Waals surface area contributed by atoms with Gasteiger partial charge in [0.25, 0.3) is 0 Å². The molecule has 32 heavy (non-hydrogen) atoms. The summed E-state index contributed by atoms with van der Waals surface area (Å²) < 4.78 is 16.9. The number of carbonyl (C=O) groups excluding carboxylic acids is 1. The number of halogens is 1. The van der Waals surface area contributed by atoms with Gasteiger partial charge < -0.3 is 9.88 Å². The summed E-state index contributed by atoms with van der Waals surface area (Å²) in [6, 6.07) is 14.5. The van der Waals surface area contributed by atoms with E-state index < -0.39 is 0 Å². The van der Waals surface area contributed by atoms with Gasteiger partial charge in [-0.05, 0) is 42.3 Å². The summed E-state index contributed by atoms with van der Waals surface area (Å²) in [6.45, 7) is 0.558. The van der Waals surface area contributed by atoms with E-state index in [1.54, 1.807) is 18.5 Å². The summed E-state index contributed by atoms with van der Waals surface area (Å²) in [5, 5.41) is 13.2. The van der Waals surface area contributed by atoms with Gasteiger partial charge in [0.2, 0.25) is 5.91 Å². The first-order valence-corrected chi connectivity index (χ1v) is 10.3. The van der Waals surface area contributed by atoms with Crippen LogP contribution >= 0.6 is 0 Å². The highest BCUT2D eigenvalue weighted by molar-refractivity contribution is 5.93. The highest BCUT2D eigenvalue weighted by atomic mass is 19.1.